The number of anilines is 1. The molecular formula is C16H22N2O4S. The van der Waals surface area contributed by atoms with E-state index in [-0.39, 0.29) is 23.8 Å². The number of carbonyl (C=O) groups is 1. The summed E-state index contributed by atoms with van der Waals surface area (Å²) in [6.07, 6.45) is 0.635. The molecule has 1 aromatic carbocycles. The first kappa shape index (κ1) is 16.3. The Morgan fingerprint density at radius 2 is 2.09 bits per heavy atom. The normalized spacial score (nSPS) is 27.2. The number of amides is 1. The molecule has 0 saturated carbocycles. The molecule has 6 nitrogen and oxygen atoms in total. The molecule has 0 bridgehead atoms. The predicted octanol–water partition coefficient (Wildman–Crippen LogP) is 1.48. The van der Waals surface area contributed by atoms with Gasteiger partial charge in [0, 0.05) is 18.7 Å². The Labute approximate surface area is 137 Å². The maximum atomic E-state index is 12.8. The van der Waals surface area contributed by atoms with Gasteiger partial charge in [-0.3, -0.25) is 9.10 Å². The highest BCUT2D eigenvalue weighted by atomic mass is 32.2. The summed E-state index contributed by atoms with van der Waals surface area (Å²) in [7, 11) is -3.24. The highest BCUT2D eigenvalue weighted by Crippen LogP contribution is 2.26. The summed E-state index contributed by atoms with van der Waals surface area (Å²) < 4.78 is 31.1. The van der Waals surface area contributed by atoms with E-state index >= 15 is 0 Å². The summed E-state index contributed by atoms with van der Waals surface area (Å²) in [6, 6.07) is 6.91. The molecule has 0 aromatic heterocycles. The third-order valence-corrected chi connectivity index (χ3v) is 6.22. The van der Waals surface area contributed by atoms with Crippen LogP contribution in [0.2, 0.25) is 0 Å². The summed E-state index contributed by atoms with van der Waals surface area (Å²) in [6.45, 7) is 5.45. The number of morpholine rings is 1. The third kappa shape index (κ3) is 3.21. The maximum Gasteiger partial charge on any atom is 0.254 e. The molecule has 3 rings (SSSR count). The number of ether oxygens (including phenoxy) is 1. The molecule has 1 aromatic rings. The van der Waals surface area contributed by atoms with E-state index in [1.807, 2.05) is 13.8 Å². The fourth-order valence-corrected chi connectivity index (χ4v) is 4.63. The molecule has 2 fully saturated rings. The van der Waals surface area contributed by atoms with Crippen molar-refractivity contribution in [3.8, 4) is 0 Å². The van der Waals surface area contributed by atoms with Crippen LogP contribution in [0.4, 0.5) is 5.69 Å². The first-order valence-electron chi connectivity index (χ1n) is 7.91. The van der Waals surface area contributed by atoms with Crippen molar-refractivity contribution in [2.45, 2.75) is 32.4 Å². The zero-order valence-electron chi connectivity index (χ0n) is 13.4. The van der Waals surface area contributed by atoms with Gasteiger partial charge in [-0.1, -0.05) is 6.07 Å². The van der Waals surface area contributed by atoms with E-state index in [2.05, 4.69) is 0 Å². The maximum absolute atomic E-state index is 12.8. The molecular weight excluding hydrogens is 316 g/mol. The molecule has 0 spiro atoms. The average Bonchev–Trinajstić information content (AvgIpc) is 2.88. The summed E-state index contributed by atoms with van der Waals surface area (Å²) in [5.41, 5.74) is 1.09. The van der Waals surface area contributed by atoms with Gasteiger partial charge in [0.2, 0.25) is 10.0 Å². The van der Waals surface area contributed by atoms with Crippen LogP contribution in [-0.4, -0.2) is 56.8 Å². The van der Waals surface area contributed by atoms with Crippen LogP contribution >= 0.6 is 0 Å². The lowest BCUT2D eigenvalue weighted by Crippen LogP contribution is -2.50. The van der Waals surface area contributed by atoms with Crippen molar-refractivity contribution >= 4 is 21.6 Å². The number of hydrogen-bond donors (Lipinski definition) is 0. The quantitative estimate of drug-likeness (QED) is 0.819. The van der Waals surface area contributed by atoms with Gasteiger partial charge in [-0.15, -0.1) is 0 Å². The first-order chi connectivity index (χ1) is 10.9. The van der Waals surface area contributed by atoms with E-state index in [0.29, 0.717) is 37.4 Å². The highest BCUT2D eigenvalue weighted by Gasteiger charge is 2.31. The van der Waals surface area contributed by atoms with E-state index in [4.69, 9.17) is 4.74 Å². The lowest BCUT2D eigenvalue weighted by atomic mass is 10.1. The lowest BCUT2D eigenvalue weighted by Gasteiger charge is -2.37. The molecule has 2 heterocycles. The van der Waals surface area contributed by atoms with Crippen molar-refractivity contribution < 1.29 is 17.9 Å². The largest absolute Gasteiger partial charge is 0.375 e. The summed E-state index contributed by atoms with van der Waals surface area (Å²) >= 11 is 0. The van der Waals surface area contributed by atoms with Gasteiger partial charge >= 0.3 is 0 Å². The fourth-order valence-electron chi connectivity index (χ4n) is 3.08. The number of rotatable bonds is 2. The summed E-state index contributed by atoms with van der Waals surface area (Å²) in [4.78, 5) is 14.6. The number of carbonyl (C=O) groups excluding carboxylic acids is 1. The van der Waals surface area contributed by atoms with E-state index in [0.717, 1.165) is 0 Å². The molecule has 2 atom stereocenters. The van der Waals surface area contributed by atoms with E-state index in [1.165, 1.54) is 4.31 Å². The Hall–Kier alpha value is -1.60. The predicted molar refractivity (Wildman–Crippen MR) is 88.1 cm³/mol. The molecule has 1 amide bonds. The van der Waals surface area contributed by atoms with Crippen molar-refractivity contribution in [3.63, 3.8) is 0 Å². The van der Waals surface area contributed by atoms with E-state index in [1.54, 1.807) is 29.2 Å². The average molecular weight is 338 g/mol. The van der Waals surface area contributed by atoms with Crippen LogP contribution in [0.1, 0.15) is 30.6 Å². The van der Waals surface area contributed by atoms with Crippen molar-refractivity contribution in [1.82, 2.24) is 4.90 Å². The Balaban J connectivity index is 1.86. The molecule has 0 radical (unpaired) electrons. The van der Waals surface area contributed by atoms with Gasteiger partial charge in [-0.2, -0.15) is 0 Å². The second-order valence-corrected chi connectivity index (χ2v) is 8.26. The number of hydrogen-bond acceptors (Lipinski definition) is 4. The molecule has 23 heavy (non-hydrogen) atoms. The number of sulfonamides is 1. The van der Waals surface area contributed by atoms with Crippen molar-refractivity contribution in [2.24, 2.45) is 0 Å². The van der Waals surface area contributed by atoms with Crippen LogP contribution in [0.25, 0.3) is 0 Å². The summed E-state index contributed by atoms with van der Waals surface area (Å²) in [5.74, 6) is 0.0921. The van der Waals surface area contributed by atoms with Gasteiger partial charge in [0.05, 0.1) is 30.2 Å². The van der Waals surface area contributed by atoms with Crippen LogP contribution in [0, 0.1) is 0 Å². The van der Waals surface area contributed by atoms with Gasteiger partial charge in [-0.25, -0.2) is 8.42 Å². The zero-order valence-corrected chi connectivity index (χ0v) is 14.3. The molecule has 126 valence electrons. The SMILES string of the molecule is C[C@@H]1CO[C@@H](C)CN1C(=O)c1cccc(N2CCCS2(=O)=O)c1. The zero-order chi connectivity index (χ0) is 16.6. The van der Waals surface area contributed by atoms with Gasteiger partial charge < -0.3 is 9.64 Å². The fraction of sp³-hybridized carbons (Fsp3) is 0.562. The molecule has 2 aliphatic heterocycles. The Morgan fingerprint density at radius 3 is 2.78 bits per heavy atom. The molecule has 0 N–H and O–H groups in total. The Kier molecular flexibility index (Phi) is 4.33. The minimum Gasteiger partial charge on any atom is -0.375 e. The van der Waals surface area contributed by atoms with Gasteiger partial charge in [0.15, 0.2) is 0 Å². The van der Waals surface area contributed by atoms with Crippen molar-refractivity contribution in [2.75, 3.05) is 29.8 Å². The lowest BCUT2D eigenvalue weighted by molar-refractivity contribution is -0.0387. The van der Waals surface area contributed by atoms with Crippen LogP contribution in [0.3, 0.4) is 0 Å². The van der Waals surface area contributed by atoms with Gasteiger partial charge in [0.1, 0.15) is 0 Å². The monoisotopic (exact) mass is 338 g/mol. The minimum atomic E-state index is -3.24. The number of benzene rings is 1. The summed E-state index contributed by atoms with van der Waals surface area (Å²) in [5, 5.41) is 0. The first-order valence-corrected chi connectivity index (χ1v) is 9.52. The Bertz CT molecular complexity index is 704. The van der Waals surface area contributed by atoms with Crippen LogP contribution < -0.4 is 4.31 Å². The highest BCUT2D eigenvalue weighted by molar-refractivity contribution is 7.93. The van der Waals surface area contributed by atoms with Gasteiger partial charge in [0.25, 0.3) is 5.91 Å². The van der Waals surface area contributed by atoms with E-state index in [9.17, 15) is 13.2 Å². The van der Waals surface area contributed by atoms with Crippen LogP contribution in [0.15, 0.2) is 24.3 Å². The second kappa shape index (κ2) is 6.13. The third-order valence-electron chi connectivity index (χ3n) is 4.35. The molecule has 2 aliphatic rings. The minimum absolute atomic E-state index is 0.0114. The second-order valence-electron chi connectivity index (χ2n) is 6.24. The Morgan fingerprint density at radius 1 is 1.30 bits per heavy atom. The smallest absolute Gasteiger partial charge is 0.254 e. The molecule has 0 unspecified atom stereocenters. The topological polar surface area (TPSA) is 66.9 Å². The van der Waals surface area contributed by atoms with E-state index < -0.39 is 10.0 Å². The van der Waals surface area contributed by atoms with Crippen LogP contribution in [-0.2, 0) is 14.8 Å². The molecule has 7 heteroatoms. The van der Waals surface area contributed by atoms with Gasteiger partial charge in [-0.05, 0) is 38.5 Å². The van der Waals surface area contributed by atoms with Crippen molar-refractivity contribution in [1.29, 1.82) is 0 Å². The molecule has 0 aliphatic carbocycles. The van der Waals surface area contributed by atoms with Crippen molar-refractivity contribution in [3.05, 3.63) is 29.8 Å². The standard InChI is InChI=1S/C16H22N2O4S/c1-12-11-22-13(2)10-17(12)16(19)14-5-3-6-15(9-14)18-7-4-8-23(18,20)21/h3,5-6,9,12-13H,4,7-8,10-11H2,1-2H3/t12-,13+/m1/s1. The number of nitrogens with zero attached hydrogens (tertiary/aromatic N) is 2. The molecule has 2 saturated heterocycles. The van der Waals surface area contributed by atoms with Crippen LogP contribution in [0.5, 0.6) is 0 Å².